The average molecular weight is 265 g/mol. The molecule has 0 saturated heterocycles. The van der Waals surface area contributed by atoms with Crippen LogP contribution in [0.25, 0.3) is 0 Å². The summed E-state index contributed by atoms with van der Waals surface area (Å²) < 4.78 is 5.16. The van der Waals surface area contributed by atoms with Crippen LogP contribution in [0, 0.1) is 0 Å². The van der Waals surface area contributed by atoms with Crippen LogP contribution in [-0.2, 0) is 14.3 Å². The summed E-state index contributed by atoms with van der Waals surface area (Å²) in [4.78, 5) is 23.4. The van der Waals surface area contributed by atoms with Crippen molar-refractivity contribution in [1.29, 1.82) is 0 Å². The van der Waals surface area contributed by atoms with Crippen LogP contribution in [-0.4, -0.2) is 29.7 Å². The molecule has 1 aromatic rings. The van der Waals surface area contributed by atoms with Gasteiger partial charge in [-0.25, -0.2) is 4.79 Å². The van der Waals surface area contributed by atoms with Gasteiger partial charge in [-0.1, -0.05) is 37.3 Å². The first-order valence-corrected chi connectivity index (χ1v) is 6.08. The van der Waals surface area contributed by atoms with Gasteiger partial charge >= 0.3 is 5.97 Å². The van der Waals surface area contributed by atoms with E-state index in [1.165, 1.54) is 7.11 Å². The number of amides is 1. The maximum atomic E-state index is 12.1. The lowest BCUT2D eigenvalue weighted by atomic mass is 10.00. The molecule has 0 aromatic heterocycles. The van der Waals surface area contributed by atoms with Gasteiger partial charge < -0.3 is 15.2 Å². The van der Waals surface area contributed by atoms with E-state index in [-0.39, 0.29) is 0 Å². The first-order chi connectivity index (χ1) is 8.94. The highest BCUT2D eigenvalue weighted by Gasteiger charge is 2.34. The molecular weight excluding hydrogens is 246 g/mol. The van der Waals surface area contributed by atoms with Crippen molar-refractivity contribution in [2.24, 2.45) is 0 Å². The Labute approximate surface area is 112 Å². The van der Waals surface area contributed by atoms with Crippen LogP contribution in [0.3, 0.4) is 0 Å². The van der Waals surface area contributed by atoms with Gasteiger partial charge in [0.2, 0.25) is 0 Å². The fourth-order valence-corrected chi connectivity index (χ4v) is 1.61. The number of methoxy groups -OCH3 is 1. The smallest absolute Gasteiger partial charge is 0.330 e. The number of aliphatic carboxylic acids is 1. The first-order valence-electron chi connectivity index (χ1n) is 6.08. The van der Waals surface area contributed by atoms with Gasteiger partial charge in [0.25, 0.3) is 5.91 Å². The van der Waals surface area contributed by atoms with Crippen molar-refractivity contribution < 1.29 is 19.4 Å². The number of nitrogens with one attached hydrogen (secondary N) is 1. The summed E-state index contributed by atoms with van der Waals surface area (Å²) in [6.45, 7) is 3.44. The molecule has 0 bridgehead atoms. The predicted molar refractivity (Wildman–Crippen MR) is 70.7 cm³/mol. The van der Waals surface area contributed by atoms with Crippen molar-refractivity contribution in [1.82, 2.24) is 5.32 Å². The van der Waals surface area contributed by atoms with Crippen molar-refractivity contribution in [3.05, 3.63) is 35.9 Å². The molecule has 1 rings (SSSR count). The minimum Gasteiger partial charge on any atom is -0.479 e. The van der Waals surface area contributed by atoms with Crippen LogP contribution in [0.1, 0.15) is 31.9 Å². The third-order valence-electron chi connectivity index (χ3n) is 3.26. The molecule has 0 aliphatic carbocycles. The molecule has 1 amide bonds. The Morgan fingerprint density at radius 2 is 1.95 bits per heavy atom. The summed E-state index contributed by atoms with van der Waals surface area (Å²) in [5.74, 6) is -1.54. The number of benzene rings is 1. The van der Waals surface area contributed by atoms with E-state index in [0.717, 1.165) is 0 Å². The van der Waals surface area contributed by atoms with Crippen LogP contribution < -0.4 is 5.32 Å². The van der Waals surface area contributed by atoms with E-state index in [1.807, 2.05) is 0 Å². The molecule has 2 atom stereocenters. The number of carboxylic acid groups (broad SMARTS) is 1. The predicted octanol–water partition coefficient (Wildman–Crippen LogP) is 1.74. The van der Waals surface area contributed by atoms with E-state index >= 15 is 0 Å². The molecule has 0 saturated carbocycles. The summed E-state index contributed by atoms with van der Waals surface area (Å²) in [6.07, 6.45) is 0.455. The lowest BCUT2D eigenvalue weighted by molar-refractivity contribution is -0.148. The fourth-order valence-electron chi connectivity index (χ4n) is 1.61. The Hall–Kier alpha value is -1.88. The zero-order valence-corrected chi connectivity index (χ0v) is 11.3. The maximum Gasteiger partial charge on any atom is 0.330 e. The number of rotatable bonds is 6. The van der Waals surface area contributed by atoms with E-state index in [2.05, 4.69) is 5.32 Å². The molecule has 1 unspecified atom stereocenters. The number of carboxylic acids is 1. The van der Waals surface area contributed by atoms with Gasteiger partial charge in [0, 0.05) is 7.11 Å². The van der Waals surface area contributed by atoms with Crippen molar-refractivity contribution in [3.8, 4) is 0 Å². The largest absolute Gasteiger partial charge is 0.479 e. The highest BCUT2D eigenvalue weighted by molar-refractivity contribution is 5.89. The molecule has 0 spiro atoms. The second kappa shape index (κ2) is 6.33. The number of carbonyl (C=O) groups is 2. The molecule has 0 radical (unpaired) electrons. The molecule has 2 N–H and O–H groups in total. The van der Waals surface area contributed by atoms with E-state index in [4.69, 9.17) is 4.74 Å². The van der Waals surface area contributed by atoms with Gasteiger partial charge in [-0.2, -0.15) is 0 Å². The third-order valence-corrected chi connectivity index (χ3v) is 3.26. The van der Waals surface area contributed by atoms with E-state index in [0.29, 0.717) is 12.0 Å². The lowest BCUT2D eigenvalue weighted by Crippen LogP contribution is -2.48. The zero-order chi connectivity index (χ0) is 14.5. The Morgan fingerprint density at radius 1 is 1.37 bits per heavy atom. The number of hydrogen-bond donors (Lipinski definition) is 2. The third kappa shape index (κ3) is 3.54. The molecule has 0 aliphatic rings. The topological polar surface area (TPSA) is 75.6 Å². The van der Waals surface area contributed by atoms with Gasteiger partial charge in [-0.05, 0) is 18.9 Å². The zero-order valence-electron chi connectivity index (χ0n) is 11.3. The van der Waals surface area contributed by atoms with Crippen molar-refractivity contribution >= 4 is 11.9 Å². The summed E-state index contributed by atoms with van der Waals surface area (Å²) in [7, 11) is 1.43. The van der Waals surface area contributed by atoms with E-state index in [1.54, 1.807) is 44.2 Å². The quantitative estimate of drug-likeness (QED) is 0.821. The molecule has 19 heavy (non-hydrogen) atoms. The van der Waals surface area contributed by atoms with Crippen LogP contribution >= 0.6 is 0 Å². The SMILES string of the molecule is CCC(C)(OC)C(=O)N[C@H](C(=O)O)c1ccccc1. The van der Waals surface area contributed by atoms with Crippen LogP contribution in [0.4, 0.5) is 0 Å². The van der Waals surface area contributed by atoms with Gasteiger partial charge in [0.1, 0.15) is 5.60 Å². The Balaban J connectivity index is 2.93. The Morgan fingerprint density at radius 3 is 2.37 bits per heavy atom. The van der Waals surface area contributed by atoms with Gasteiger partial charge in [0.05, 0.1) is 0 Å². The summed E-state index contributed by atoms with van der Waals surface area (Å²) in [5.41, 5.74) is -0.499. The van der Waals surface area contributed by atoms with Gasteiger partial charge in [-0.3, -0.25) is 4.79 Å². The van der Waals surface area contributed by atoms with Gasteiger partial charge in [-0.15, -0.1) is 0 Å². The highest BCUT2D eigenvalue weighted by Crippen LogP contribution is 2.18. The Kier molecular flexibility index (Phi) is 5.06. The first kappa shape index (κ1) is 15.2. The van der Waals surface area contributed by atoms with Crippen LogP contribution in [0.5, 0.6) is 0 Å². The van der Waals surface area contributed by atoms with Crippen molar-refractivity contribution in [3.63, 3.8) is 0 Å². The normalized spacial score (nSPS) is 15.3. The molecule has 5 heteroatoms. The molecule has 5 nitrogen and oxygen atoms in total. The minimum atomic E-state index is -1.10. The molecule has 0 heterocycles. The summed E-state index contributed by atoms with van der Waals surface area (Å²) in [5, 5.41) is 11.7. The summed E-state index contributed by atoms with van der Waals surface area (Å²) >= 11 is 0. The molecule has 0 fully saturated rings. The number of ether oxygens (including phenoxy) is 1. The maximum absolute atomic E-state index is 12.1. The highest BCUT2D eigenvalue weighted by atomic mass is 16.5. The molecule has 104 valence electrons. The second-order valence-electron chi connectivity index (χ2n) is 4.44. The lowest BCUT2D eigenvalue weighted by Gasteiger charge is -2.27. The molecular formula is C14H19NO4. The van der Waals surface area contributed by atoms with Crippen LogP contribution in [0.2, 0.25) is 0 Å². The van der Waals surface area contributed by atoms with Crippen molar-refractivity contribution in [2.75, 3.05) is 7.11 Å². The van der Waals surface area contributed by atoms with Crippen molar-refractivity contribution in [2.45, 2.75) is 31.9 Å². The van der Waals surface area contributed by atoms with E-state index < -0.39 is 23.5 Å². The second-order valence-corrected chi connectivity index (χ2v) is 4.44. The molecule has 0 aliphatic heterocycles. The summed E-state index contributed by atoms with van der Waals surface area (Å²) in [6, 6.07) is 7.49. The average Bonchev–Trinajstić information content (AvgIpc) is 2.44. The monoisotopic (exact) mass is 265 g/mol. The molecule has 1 aromatic carbocycles. The van der Waals surface area contributed by atoms with Crippen LogP contribution in [0.15, 0.2) is 30.3 Å². The minimum absolute atomic E-state index is 0.436. The van der Waals surface area contributed by atoms with Gasteiger partial charge in [0.15, 0.2) is 6.04 Å². The standard InChI is InChI=1S/C14H19NO4/c1-4-14(2,19-3)13(18)15-11(12(16)17)10-8-6-5-7-9-10/h5-9,11H,4H2,1-3H3,(H,15,18)(H,16,17)/t11-,14?/m0/s1. The number of carbonyl (C=O) groups excluding carboxylic acids is 1. The Bertz CT molecular complexity index is 440. The fraction of sp³-hybridized carbons (Fsp3) is 0.429. The number of hydrogen-bond acceptors (Lipinski definition) is 3. The van der Waals surface area contributed by atoms with E-state index in [9.17, 15) is 14.7 Å².